The predicted molar refractivity (Wildman–Crippen MR) is 86.8 cm³/mol. The molecule has 0 spiro atoms. The summed E-state index contributed by atoms with van der Waals surface area (Å²) in [5.41, 5.74) is 0.889. The summed E-state index contributed by atoms with van der Waals surface area (Å²) in [6, 6.07) is 5.95. The number of benzene rings is 1. The normalized spacial score (nSPS) is 11.2. The lowest BCUT2D eigenvalue weighted by Crippen LogP contribution is -2.23. The molecule has 108 valence electrons. The molecule has 1 heterocycles. The Labute approximate surface area is 133 Å². The number of aromatic nitrogens is 2. The van der Waals surface area contributed by atoms with Gasteiger partial charge in [0.2, 0.25) is 0 Å². The van der Waals surface area contributed by atoms with E-state index in [2.05, 4.69) is 29.4 Å². The average Bonchev–Trinajstić information content (AvgIpc) is 2.83. The maximum Gasteiger partial charge on any atom is 0.149 e. The fraction of sp³-hybridized carbons (Fsp3) is 0.429. The lowest BCUT2D eigenvalue weighted by atomic mass is 10.2. The summed E-state index contributed by atoms with van der Waals surface area (Å²) in [6.07, 6.45) is 1.99. The van der Waals surface area contributed by atoms with Crippen molar-refractivity contribution in [3.63, 3.8) is 0 Å². The van der Waals surface area contributed by atoms with Crippen LogP contribution in [-0.4, -0.2) is 22.8 Å². The third-order valence-electron chi connectivity index (χ3n) is 2.75. The maximum absolute atomic E-state index is 6.18. The van der Waals surface area contributed by atoms with Crippen LogP contribution in [0.5, 0.6) is 0 Å². The molecule has 3 nitrogen and oxygen atoms in total. The largest absolute Gasteiger partial charge is 0.315 e. The van der Waals surface area contributed by atoms with Gasteiger partial charge in [-0.15, -0.1) is 10.2 Å². The molecule has 0 amide bonds. The first-order chi connectivity index (χ1) is 9.56. The first-order valence-corrected chi connectivity index (χ1v) is 8.14. The van der Waals surface area contributed by atoms with Crippen LogP contribution in [0.25, 0.3) is 10.6 Å². The molecule has 20 heavy (non-hydrogen) atoms. The van der Waals surface area contributed by atoms with Crippen molar-refractivity contribution < 1.29 is 0 Å². The molecule has 2 rings (SSSR count). The van der Waals surface area contributed by atoms with E-state index in [4.69, 9.17) is 23.2 Å². The van der Waals surface area contributed by atoms with Gasteiger partial charge in [0.1, 0.15) is 10.0 Å². The average molecular weight is 330 g/mol. The third-order valence-corrected chi connectivity index (χ3v) is 4.31. The molecular formula is C14H17Cl2N3S. The minimum atomic E-state index is 0.521. The van der Waals surface area contributed by atoms with Gasteiger partial charge in [0.15, 0.2) is 0 Å². The quantitative estimate of drug-likeness (QED) is 0.796. The van der Waals surface area contributed by atoms with Crippen molar-refractivity contribution in [2.45, 2.75) is 32.7 Å². The van der Waals surface area contributed by atoms with E-state index in [1.807, 2.05) is 12.1 Å². The summed E-state index contributed by atoms with van der Waals surface area (Å²) in [7, 11) is 0. The Morgan fingerprint density at radius 1 is 1.25 bits per heavy atom. The van der Waals surface area contributed by atoms with Crippen molar-refractivity contribution in [3.05, 3.63) is 33.3 Å². The van der Waals surface area contributed by atoms with Gasteiger partial charge in [-0.1, -0.05) is 48.4 Å². The van der Waals surface area contributed by atoms with Gasteiger partial charge in [0, 0.05) is 23.0 Å². The van der Waals surface area contributed by atoms with E-state index < -0.39 is 0 Å². The fourth-order valence-corrected chi connectivity index (χ4v) is 3.23. The van der Waals surface area contributed by atoms with Crippen LogP contribution in [0.1, 0.15) is 25.3 Å². The van der Waals surface area contributed by atoms with Crippen LogP contribution in [0, 0.1) is 0 Å². The van der Waals surface area contributed by atoms with E-state index in [9.17, 15) is 0 Å². The highest BCUT2D eigenvalue weighted by molar-refractivity contribution is 7.14. The Hall–Kier alpha value is -0.680. The summed E-state index contributed by atoms with van der Waals surface area (Å²) >= 11 is 13.7. The number of hydrogen-bond acceptors (Lipinski definition) is 4. The van der Waals surface area contributed by atoms with E-state index >= 15 is 0 Å². The molecule has 0 aliphatic rings. The van der Waals surface area contributed by atoms with Gasteiger partial charge < -0.3 is 5.32 Å². The van der Waals surface area contributed by atoms with Gasteiger partial charge in [-0.3, -0.25) is 0 Å². The van der Waals surface area contributed by atoms with Crippen molar-refractivity contribution in [2.24, 2.45) is 0 Å². The Morgan fingerprint density at radius 3 is 2.75 bits per heavy atom. The molecule has 0 saturated heterocycles. The highest BCUT2D eigenvalue weighted by Crippen LogP contribution is 2.32. The molecular weight excluding hydrogens is 313 g/mol. The number of rotatable bonds is 6. The van der Waals surface area contributed by atoms with Gasteiger partial charge >= 0.3 is 0 Å². The molecule has 0 aliphatic carbocycles. The number of hydrogen-bond donors (Lipinski definition) is 1. The topological polar surface area (TPSA) is 37.8 Å². The Balaban J connectivity index is 1.98. The van der Waals surface area contributed by atoms with Gasteiger partial charge in [0.25, 0.3) is 0 Å². The summed E-state index contributed by atoms with van der Waals surface area (Å²) in [4.78, 5) is 0. The summed E-state index contributed by atoms with van der Waals surface area (Å²) < 4.78 is 0. The van der Waals surface area contributed by atoms with Crippen molar-refractivity contribution in [3.8, 4) is 10.6 Å². The lowest BCUT2D eigenvalue weighted by molar-refractivity contribution is 0.569. The molecule has 0 bridgehead atoms. The van der Waals surface area contributed by atoms with Crippen molar-refractivity contribution >= 4 is 34.5 Å². The van der Waals surface area contributed by atoms with Gasteiger partial charge in [-0.05, 0) is 31.2 Å². The molecule has 2 aromatic rings. The Morgan fingerprint density at radius 2 is 2.05 bits per heavy atom. The standard InChI is InChI=1S/C14H17Cl2N3S/c1-9(2)17-7-3-4-13-18-19-14(20-13)11-6-5-10(15)8-12(11)16/h5-6,8-9,17H,3-4,7H2,1-2H3. The minimum absolute atomic E-state index is 0.521. The molecule has 0 fully saturated rings. The van der Waals surface area contributed by atoms with Crippen LogP contribution in [0.3, 0.4) is 0 Å². The molecule has 0 atom stereocenters. The van der Waals surface area contributed by atoms with Crippen LogP contribution in [-0.2, 0) is 6.42 Å². The first kappa shape index (κ1) is 15.7. The van der Waals surface area contributed by atoms with E-state index in [1.165, 1.54) is 0 Å². The highest BCUT2D eigenvalue weighted by atomic mass is 35.5. The van der Waals surface area contributed by atoms with Crippen LogP contribution in [0.2, 0.25) is 10.0 Å². The number of halogens is 2. The zero-order valence-corrected chi connectivity index (χ0v) is 13.8. The summed E-state index contributed by atoms with van der Waals surface area (Å²) in [5.74, 6) is 0. The Kier molecular flexibility index (Phi) is 5.78. The summed E-state index contributed by atoms with van der Waals surface area (Å²) in [5, 5.41) is 14.9. The zero-order valence-electron chi connectivity index (χ0n) is 11.5. The highest BCUT2D eigenvalue weighted by Gasteiger charge is 2.10. The van der Waals surface area contributed by atoms with Gasteiger partial charge in [-0.2, -0.15) is 0 Å². The second kappa shape index (κ2) is 7.36. The van der Waals surface area contributed by atoms with Gasteiger partial charge in [-0.25, -0.2) is 0 Å². The van der Waals surface area contributed by atoms with E-state index in [-0.39, 0.29) is 0 Å². The summed E-state index contributed by atoms with van der Waals surface area (Å²) in [6.45, 7) is 5.28. The van der Waals surface area contributed by atoms with Crippen LogP contribution >= 0.6 is 34.5 Å². The van der Waals surface area contributed by atoms with Gasteiger partial charge in [0.05, 0.1) is 5.02 Å². The van der Waals surface area contributed by atoms with E-state index in [1.54, 1.807) is 17.4 Å². The van der Waals surface area contributed by atoms with E-state index in [0.717, 1.165) is 35.0 Å². The third kappa shape index (κ3) is 4.42. The second-order valence-electron chi connectivity index (χ2n) is 4.84. The maximum atomic E-state index is 6.18. The number of nitrogens with one attached hydrogen (secondary N) is 1. The van der Waals surface area contributed by atoms with Crippen LogP contribution in [0.4, 0.5) is 0 Å². The number of aryl methyl sites for hydroxylation is 1. The van der Waals surface area contributed by atoms with Crippen LogP contribution in [0.15, 0.2) is 18.2 Å². The SMILES string of the molecule is CC(C)NCCCc1nnc(-c2ccc(Cl)cc2Cl)s1. The molecule has 1 aromatic carbocycles. The monoisotopic (exact) mass is 329 g/mol. The van der Waals surface area contributed by atoms with E-state index in [0.29, 0.717) is 16.1 Å². The minimum Gasteiger partial charge on any atom is -0.315 e. The van der Waals surface area contributed by atoms with Crippen molar-refractivity contribution in [2.75, 3.05) is 6.54 Å². The number of nitrogens with zero attached hydrogens (tertiary/aromatic N) is 2. The first-order valence-electron chi connectivity index (χ1n) is 6.57. The van der Waals surface area contributed by atoms with Crippen molar-refractivity contribution in [1.29, 1.82) is 0 Å². The zero-order chi connectivity index (χ0) is 14.5. The van der Waals surface area contributed by atoms with Crippen LogP contribution < -0.4 is 5.32 Å². The van der Waals surface area contributed by atoms with Crippen molar-refractivity contribution in [1.82, 2.24) is 15.5 Å². The molecule has 0 saturated carbocycles. The molecule has 1 aromatic heterocycles. The second-order valence-corrected chi connectivity index (χ2v) is 6.74. The fourth-order valence-electron chi connectivity index (χ4n) is 1.76. The molecule has 0 unspecified atom stereocenters. The molecule has 1 N–H and O–H groups in total. The molecule has 6 heteroatoms. The predicted octanol–water partition coefficient (Wildman–Crippen LogP) is 4.44. The lowest BCUT2D eigenvalue weighted by Gasteiger charge is -2.05. The Bertz CT molecular complexity index is 569. The molecule has 0 aliphatic heterocycles. The smallest absolute Gasteiger partial charge is 0.149 e. The molecule has 0 radical (unpaired) electrons.